The SMILES string of the molecule is CCCC1NC(=O)CN(Cc2ncnn2C)C1=O. The highest BCUT2D eigenvalue weighted by Crippen LogP contribution is 2.10. The number of nitrogens with zero attached hydrogens (tertiary/aromatic N) is 4. The fourth-order valence-electron chi connectivity index (χ4n) is 2.03. The van der Waals surface area contributed by atoms with E-state index in [1.807, 2.05) is 6.92 Å². The fourth-order valence-corrected chi connectivity index (χ4v) is 2.03. The molecule has 1 atom stereocenters. The molecule has 0 spiro atoms. The molecule has 0 bridgehead atoms. The van der Waals surface area contributed by atoms with Gasteiger partial charge in [-0.15, -0.1) is 0 Å². The molecule has 1 aromatic rings. The first-order valence-electron chi connectivity index (χ1n) is 6.02. The Hall–Kier alpha value is -1.92. The lowest BCUT2D eigenvalue weighted by molar-refractivity contribution is -0.145. The lowest BCUT2D eigenvalue weighted by atomic mass is 10.1. The number of hydrogen-bond acceptors (Lipinski definition) is 4. The zero-order chi connectivity index (χ0) is 13.1. The first-order valence-corrected chi connectivity index (χ1v) is 6.02. The van der Waals surface area contributed by atoms with E-state index in [1.165, 1.54) is 11.2 Å². The molecule has 0 aliphatic carbocycles. The van der Waals surface area contributed by atoms with Gasteiger partial charge in [-0.1, -0.05) is 13.3 Å². The van der Waals surface area contributed by atoms with Crippen LogP contribution in [0.15, 0.2) is 6.33 Å². The Bertz CT molecular complexity index is 456. The van der Waals surface area contributed by atoms with Gasteiger partial charge in [0, 0.05) is 7.05 Å². The molecule has 1 fully saturated rings. The van der Waals surface area contributed by atoms with E-state index in [4.69, 9.17) is 0 Å². The molecule has 1 N–H and O–H groups in total. The van der Waals surface area contributed by atoms with Crippen molar-refractivity contribution >= 4 is 11.8 Å². The van der Waals surface area contributed by atoms with Crippen molar-refractivity contribution in [2.24, 2.45) is 7.05 Å². The van der Waals surface area contributed by atoms with E-state index in [9.17, 15) is 9.59 Å². The lowest BCUT2D eigenvalue weighted by Gasteiger charge is -2.32. The predicted octanol–water partition coefficient (Wildman–Crippen LogP) is -0.558. The molecule has 1 aliphatic rings. The first-order chi connectivity index (χ1) is 8.61. The van der Waals surface area contributed by atoms with Crippen LogP contribution in [0.1, 0.15) is 25.6 Å². The summed E-state index contributed by atoms with van der Waals surface area (Å²) >= 11 is 0. The number of carbonyl (C=O) groups is 2. The molecule has 0 saturated carbocycles. The second-order valence-electron chi connectivity index (χ2n) is 4.40. The zero-order valence-corrected chi connectivity index (χ0v) is 10.6. The molecule has 1 unspecified atom stereocenters. The van der Waals surface area contributed by atoms with Crippen LogP contribution in [-0.2, 0) is 23.2 Å². The Morgan fingerprint density at radius 2 is 2.28 bits per heavy atom. The molecule has 0 radical (unpaired) electrons. The highest BCUT2D eigenvalue weighted by atomic mass is 16.2. The van der Waals surface area contributed by atoms with Gasteiger partial charge in [-0.3, -0.25) is 14.3 Å². The summed E-state index contributed by atoms with van der Waals surface area (Å²) in [5, 5.41) is 6.67. The summed E-state index contributed by atoms with van der Waals surface area (Å²) in [7, 11) is 1.76. The summed E-state index contributed by atoms with van der Waals surface area (Å²) in [4.78, 5) is 29.3. The van der Waals surface area contributed by atoms with E-state index in [0.29, 0.717) is 18.8 Å². The van der Waals surface area contributed by atoms with Gasteiger partial charge in [0.2, 0.25) is 11.8 Å². The van der Waals surface area contributed by atoms with Crippen molar-refractivity contribution in [2.75, 3.05) is 6.54 Å². The van der Waals surface area contributed by atoms with Crippen molar-refractivity contribution in [3.05, 3.63) is 12.2 Å². The minimum Gasteiger partial charge on any atom is -0.343 e. The van der Waals surface area contributed by atoms with E-state index >= 15 is 0 Å². The Morgan fingerprint density at radius 1 is 1.50 bits per heavy atom. The van der Waals surface area contributed by atoms with Gasteiger partial charge < -0.3 is 10.2 Å². The van der Waals surface area contributed by atoms with Crippen LogP contribution in [-0.4, -0.2) is 44.1 Å². The van der Waals surface area contributed by atoms with Crippen molar-refractivity contribution in [3.8, 4) is 0 Å². The predicted molar refractivity (Wildman–Crippen MR) is 63.3 cm³/mol. The molecule has 0 aromatic carbocycles. The van der Waals surface area contributed by atoms with Crippen LogP contribution >= 0.6 is 0 Å². The molecule has 18 heavy (non-hydrogen) atoms. The van der Waals surface area contributed by atoms with Crippen LogP contribution in [0, 0.1) is 0 Å². The quantitative estimate of drug-likeness (QED) is 0.778. The standard InChI is InChI=1S/C11H17N5O2/c1-3-4-8-11(18)16(6-10(17)14-8)5-9-12-7-13-15(9)2/h7-8H,3-6H2,1-2H3,(H,14,17). The molecule has 1 aromatic heterocycles. The highest BCUT2D eigenvalue weighted by Gasteiger charge is 2.32. The largest absolute Gasteiger partial charge is 0.343 e. The maximum Gasteiger partial charge on any atom is 0.246 e. The summed E-state index contributed by atoms with van der Waals surface area (Å²) < 4.78 is 1.61. The monoisotopic (exact) mass is 251 g/mol. The summed E-state index contributed by atoms with van der Waals surface area (Å²) in [6.45, 7) is 2.40. The van der Waals surface area contributed by atoms with Gasteiger partial charge in [0.25, 0.3) is 0 Å². The highest BCUT2D eigenvalue weighted by molar-refractivity contribution is 5.94. The van der Waals surface area contributed by atoms with E-state index < -0.39 is 6.04 Å². The number of hydrogen-bond donors (Lipinski definition) is 1. The molecule has 1 aliphatic heterocycles. The summed E-state index contributed by atoms with van der Waals surface area (Å²) in [5.74, 6) is 0.517. The van der Waals surface area contributed by atoms with Crippen molar-refractivity contribution in [2.45, 2.75) is 32.4 Å². The molecule has 7 heteroatoms. The van der Waals surface area contributed by atoms with Gasteiger partial charge in [0.15, 0.2) is 0 Å². The van der Waals surface area contributed by atoms with Crippen LogP contribution in [0.5, 0.6) is 0 Å². The number of aromatic nitrogens is 3. The van der Waals surface area contributed by atoms with Crippen LogP contribution in [0.4, 0.5) is 0 Å². The Labute approximate surface area is 105 Å². The van der Waals surface area contributed by atoms with Crippen molar-refractivity contribution in [1.82, 2.24) is 25.0 Å². The van der Waals surface area contributed by atoms with E-state index in [2.05, 4.69) is 15.4 Å². The Balaban J connectivity index is 2.09. The van der Waals surface area contributed by atoms with Crippen molar-refractivity contribution < 1.29 is 9.59 Å². The number of piperazine rings is 1. The minimum absolute atomic E-state index is 0.0422. The van der Waals surface area contributed by atoms with E-state index in [1.54, 1.807) is 11.7 Å². The average molecular weight is 251 g/mol. The third-order valence-electron chi connectivity index (χ3n) is 2.99. The summed E-state index contributed by atoms with van der Waals surface area (Å²) in [6.07, 6.45) is 2.96. The molecular formula is C11H17N5O2. The van der Waals surface area contributed by atoms with Crippen LogP contribution in [0.2, 0.25) is 0 Å². The molecular weight excluding hydrogens is 234 g/mol. The molecule has 2 amide bonds. The smallest absolute Gasteiger partial charge is 0.246 e. The second-order valence-corrected chi connectivity index (χ2v) is 4.40. The molecule has 2 heterocycles. The van der Waals surface area contributed by atoms with E-state index in [-0.39, 0.29) is 18.4 Å². The topological polar surface area (TPSA) is 80.1 Å². The van der Waals surface area contributed by atoms with Gasteiger partial charge in [-0.2, -0.15) is 5.10 Å². The van der Waals surface area contributed by atoms with Crippen molar-refractivity contribution in [3.63, 3.8) is 0 Å². The molecule has 2 rings (SSSR count). The number of rotatable bonds is 4. The summed E-state index contributed by atoms with van der Waals surface area (Å²) in [5.41, 5.74) is 0. The molecule has 7 nitrogen and oxygen atoms in total. The van der Waals surface area contributed by atoms with E-state index in [0.717, 1.165) is 6.42 Å². The minimum atomic E-state index is -0.399. The van der Waals surface area contributed by atoms with Crippen LogP contribution < -0.4 is 5.32 Å². The second kappa shape index (κ2) is 5.16. The number of carbonyl (C=O) groups excluding carboxylic acids is 2. The first kappa shape index (κ1) is 12.5. The van der Waals surface area contributed by atoms with Crippen LogP contribution in [0.3, 0.4) is 0 Å². The van der Waals surface area contributed by atoms with Gasteiger partial charge in [-0.25, -0.2) is 4.98 Å². The van der Waals surface area contributed by atoms with Gasteiger partial charge in [-0.05, 0) is 6.42 Å². The fraction of sp³-hybridized carbons (Fsp3) is 0.636. The number of aryl methyl sites for hydroxylation is 1. The lowest BCUT2D eigenvalue weighted by Crippen LogP contribution is -2.57. The maximum absolute atomic E-state index is 12.2. The van der Waals surface area contributed by atoms with Gasteiger partial charge >= 0.3 is 0 Å². The zero-order valence-electron chi connectivity index (χ0n) is 10.6. The molecule has 98 valence electrons. The number of amides is 2. The van der Waals surface area contributed by atoms with Crippen LogP contribution in [0.25, 0.3) is 0 Å². The Morgan fingerprint density at radius 3 is 2.89 bits per heavy atom. The summed E-state index contributed by atoms with van der Waals surface area (Å²) in [6, 6.07) is -0.399. The average Bonchev–Trinajstić information content (AvgIpc) is 2.71. The van der Waals surface area contributed by atoms with Gasteiger partial charge in [0.05, 0.1) is 6.54 Å². The Kier molecular flexibility index (Phi) is 3.59. The molecule has 1 saturated heterocycles. The third kappa shape index (κ3) is 2.49. The maximum atomic E-state index is 12.2. The normalized spacial score (nSPS) is 20.1. The van der Waals surface area contributed by atoms with Gasteiger partial charge in [0.1, 0.15) is 24.7 Å². The number of nitrogens with one attached hydrogen (secondary N) is 1. The third-order valence-corrected chi connectivity index (χ3v) is 2.99. The van der Waals surface area contributed by atoms with Crippen molar-refractivity contribution in [1.29, 1.82) is 0 Å².